The van der Waals surface area contributed by atoms with Gasteiger partial charge in [0.1, 0.15) is 0 Å². The summed E-state index contributed by atoms with van der Waals surface area (Å²) in [5.74, 6) is -0.978. The van der Waals surface area contributed by atoms with Gasteiger partial charge in [-0.05, 0) is 11.6 Å². The van der Waals surface area contributed by atoms with Crippen LogP contribution in [0, 0.1) is 10.1 Å². The first-order valence-electron chi connectivity index (χ1n) is 6.45. The van der Waals surface area contributed by atoms with Crippen LogP contribution < -0.4 is 5.32 Å². The lowest BCUT2D eigenvalue weighted by molar-refractivity contribution is -0.384. The van der Waals surface area contributed by atoms with Crippen molar-refractivity contribution in [2.24, 2.45) is 0 Å². The highest BCUT2D eigenvalue weighted by molar-refractivity contribution is 8.00. The van der Waals surface area contributed by atoms with Crippen molar-refractivity contribution >= 4 is 29.1 Å². The SMILES string of the molecule is O=C(O)CSC(Nc1cccc([N+](=O)[O-])c1)c1ccccc1. The zero-order valence-corrected chi connectivity index (χ0v) is 12.3. The molecule has 0 aromatic heterocycles. The molecular formula is C15H14N2O4S. The Morgan fingerprint density at radius 1 is 1.23 bits per heavy atom. The molecule has 2 N–H and O–H groups in total. The molecule has 0 aliphatic carbocycles. The zero-order valence-electron chi connectivity index (χ0n) is 11.5. The monoisotopic (exact) mass is 318 g/mol. The van der Waals surface area contributed by atoms with Crippen LogP contribution in [0.3, 0.4) is 0 Å². The molecule has 0 spiro atoms. The van der Waals surface area contributed by atoms with Crippen LogP contribution in [-0.4, -0.2) is 21.8 Å². The molecule has 1 unspecified atom stereocenters. The molecule has 0 amide bonds. The molecule has 2 rings (SSSR count). The van der Waals surface area contributed by atoms with E-state index in [0.717, 1.165) is 5.56 Å². The highest BCUT2D eigenvalue weighted by atomic mass is 32.2. The predicted molar refractivity (Wildman–Crippen MR) is 86.0 cm³/mol. The van der Waals surface area contributed by atoms with E-state index in [2.05, 4.69) is 5.32 Å². The number of carboxylic acid groups (broad SMARTS) is 1. The molecule has 2 aromatic rings. The summed E-state index contributed by atoms with van der Waals surface area (Å²) < 4.78 is 0. The van der Waals surface area contributed by atoms with Gasteiger partial charge in [0.2, 0.25) is 0 Å². The van der Waals surface area contributed by atoms with Crippen LogP contribution >= 0.6 is 11.8 Å². The van der Waals surface area contributed by atoms with Gasteiger partial charge in [-0.15, -0.1) is 11.8 Å². The van der Waals surface area contributed by atoms with Gasteiger partial charge in [0.05, 0.1) is 16.1 Å². The van der Waals surface area contributed by atoms with Crippen molar-refractivity contribution in [3.05, 3.63) is 70.3 Å². The summed E-state index contributed by atoms with van der Waals surface area (Å²) in [7, 11) is 0. The number of carboxylic acids is 1. The van der Waals surface area contributed by atoms with Crippen molar-refractivity contribution in [1.29, 1.82) is 0 Å². The standard InChI is InChI=1S/C15H14N2O4S/c18-14(19)10-22-15(11-5-2-1-3-6-11)16-12-7-4-8-13(9-12)17(20)21/h1-9,15-16H,10H2,(H,18,19). The first-order chi connectivity index (χ1) is 10.6. The fourth-order valence-electron chi connectivity index (χ4n) is 1.86. The quantitative estimate of drug-likeness (QED) is 0.461. The second-order valence-corrected chi connectivity index (χ2v) is 5.54. The van der Waals surface area contributed by atoms with E-state index < -0.39 is 10.9 Å². The zero-order chi connectivity index (χ0) is 15.9. The van der Waals surface area contributed by atoms with Gasteiger partial charge in [-0.1, -0.05) is 36.4 Å². The Labute approximate surface area is 131 Å². The van der Waals surface area contributed by atoms with Crippen molar-refractivity contribution in [3.8, 4) is 0 Å². The molecule has 0 aliphatic heterocycles. The van der Waals surface area contributed by atoms with E-state index in [1.807, 2.05) is 30.3 Å². The number of nitro groups is 1. The normalized spacial score (nSPS) is 11.6. The average molecular weight is 318 g/mol. The Balaban J connectivity index is 2.20. The molecule has 0 saturated heterocycles. The fourth-order valence-corrected chi connectivity index (χ4v) is 2.74. The molecular weight excluding hydrogens is 304 g/mol. The molecule has 0 heterocycles. The maximum Gasteiger partial charge on any atom is 0.313 e. The number of anilines is 1. The summed E-state index contributed by atoms with van der Waals surface area (Å²) in [6.07, 6.45) is 0. The molecule has 2 aromatic carbocycles. The number of non-ortho nitro benzene ring substituents is 1. The molecule has 6 nitrogen and oxygen atoms in total. The Hall–Kier alpha value is -2.54. The number of thioether (sulfide) groups is 1. The van der Waals surface area contributed by atoms with Crippen LogP contribution in [0.4, 0.5) is 11.4 Å². The molecule has 0 fully saturated rings. The van der Waals surface area contributed by atoms with Crippen molar-refractivity contribution in [3.63, 3.8) is 0 Å². The molecule has 0 saturated carbocycles. The van der Waals surface area contributed by atoms with Gasteiger partial charge >= 0.3 is 5.97 Å². The smallest absolute Gasteiger partial charge is 0.313 e. The van der Waals surface area contributed by atoms with Gasteiger partial charge in [0.15, 0.2) is 0 Å². The molecule has 0 radical (unpaired) electrons. The van der Waals surface area contributed by atoms with Gasteiger partial charge in [-0.2, -0.15) is 0 Å². The summed E-state index contributed by atoms with van der Waals surface area (Å²) in [4.78, 5) is 21.1. The van der Waals surface area contributed by atoms with Gasteiger partial charge in [0.25, 0.3) is 5.69 Å². The van der Waals surface area contributed by atoms with Crippen molar-refractivity contribution in [1.82, 2.24) is 0 Å². The number of nitrogens with one attached hydrogen (secondary N) is 1. The van der Waals surface area contributed by atoms with Crippen molar-refractivity contribution in [2.75, 3.05) is 11.1 Å². The van der Waals surface area contributed by atoms with Gasteiger partial charge in [-0.3, -0.25) is 14.9 Å². The Morgan fingerprint density at radius 2 is 1.95 bits per heavy atom. The summed E-state index contributed by atoms with van der Waals surface area (Å²) in [5, 5.41) is 22.5. The number of aliphatic carboxylic acids is 1. The van der Waals surface area contributed by atoms with Crippen LogP contribution in [0.2, 0.25) is 0 Å². The van der Waals surface area contributed by atoms with Crippen molar-refractivity contribution < 1.29 is 14.8 Å². The van der Waals surface area contributed by atoms with E-state index in [-0.39, 0.29) is 16.8 Å². The summed E-state index contributed by atoms with van der Waals surface area (Å²) in [6, 6.07) is 15.5. The van der Waals surface area contributed by atoms with Crippen LogP contribution in [0.15, 0.2) is 54.6 Å². The minimum absolute atomic E-state index is 0.0138. The van der Waals surface area contributed by atoms with Crippen LogP contribution in [0.25, 0.3) is 0 Å². The number of nitrogens with zero attached hydrogens (tertiary/aromatic N) is 1. The third kappa shape index (κ3) is 4.49. The topological polar surface area (TPSA) is 92.5 Å². The lowest BCUT2D eigenvalue weighted by Crippen LogP contribution is -2.10. The highest BCUT2D eigenvalue weighted by Crippen LogP contribution is 2.31. The Bertz CT molecular complexity index is 664. The lowest BCUT2D eigenvalue weighted by Gasteiger charge is -2.19. The van der Waals surface area contributed by atoms with Gasteiger partial charge in [0, 0.05) is 17.8 Å². The minimum Gasteiger partial charge on any atom is -0.481 e. The lowest BCUT2D eigenvalue weighted by atomic mass is 10.2. The number of hydrogen-bond donors (Lipinski definition) is 2. The third-order valence-corrected chi connectivity index (χ3v) is 3.97. The van der Waals surface area contributed by atoms with E-state index in [9.17, 15) is 14.9 Å². The number of rotatable bonds is 7. The van der Waals surface area contributed by atoms with Gasteiger partial charge in [-0.25, -0.2) is 0 Å². The summed E-state index contributed by atoms with van der Waals surface area (Å²) in [6.45, 7) is 0. The van der Waals surface area contributed by atoms with E-state index in [4.69, 9.17) is 5.11 Å². The van der Waals surface area contributed by atoms with Crippen LogP contribution in [0.5, 0.6) is 0 Å². The second kappa shape index (κ2) is 7.46. The highest BCUT2D eigenvalue weighted by Gasteiger charge is 2.15. The maximum atomic E-state index is 10.8. The first-order valence-corrected chi connectivity index (χ1v) is 7.50. The van der Waals surface area contributed by atoms with Crippen LogP contribution in [0.1, 0.15) is 10.9 Å². The average Bonchev–Trinajstić information content (AvgIpc) is 2.52. The molecule has 0 aliphatic rings. The number of benzene rings is 2. The molecule has 0 bridgehead atoms. The number of carbonyl (C=O) groups is 1. The number of hydrogen-bond acceptors (Lipinski definition) is 5. The molecule has 22 heavy (non-hydrogen) atoms. The summed E-state index contributed by atoms with van der Waals surface area (Å²) in [5.41, 5.74) is 1.46. The Kier molecular flexibility index (Phi) is 5.37. The van der Waals surface area contributed by atoms with Crippen molar-refractivity contribution in [2.45, 2.75) is 5.37 Å². The van der Waals surface area contributed by atoms with E-state index in [1.54, 1.807) is 12.1 Å². The van der Waals surface area contributed by atoms with E-state index in [0.29, 0.717) is 5.69 Å². The summed E-state index contributed by atoms with van der Waals surface area (Å²) >= 11 is 1.21. The Morgan fingerprint density at radius 3 is 2.59 bits per heavy atom. The van der Waals surface area contributed by atoms with Crippen LogP contribution in [-0.2, 0) is 4.79 Å². The molecule has 114 valence electrons. The van der Waals surface area contributed by atoms with E-state index >= 15 is 0 Å². The molecule has 1 atom stereocenters. The number of nitro benzene ring substituents is 1. The minimum atomic E-state index is -0.910. The fraction of sp³-hybridized carbons (Fsp3) is 0.133. The first kappa shape index (κ1) is 15.8. The van der Waals surface area contributed by atoms with E-state index in [1.165, 1.54) is 23.9 Å². The predicted octanol–water partition coefficient (Wildman–Crippen LogP) is 3.52. The second-order valence-electron chi connectivity index (χ2n) is 4.45. The van der Waals surface area contributed by atoms with Gasteiger partial charge < -0.3 is 10.4 Å². The molecule has 7 heteroatoms. The third-order valence-electron chi connectivity index (χ3n) is 2.83. The maximum absolute atomic E-state index is 10.8. The largest absolute Gasteiger partial charge is 0.481 e.